The predicted octanol–water partition coefficient (Wildman–Crippen LogP) is 7.36. The molecule has 4 aromatic rings. The summed E-state index contributed by atoms with van der Waals surface area (Å²) in [4.78, 5) is 30.0. The zero-order valence-corrected chi connectivity index (χ0v) is 28.7. The Labute approximate surface area is 282 Å². The lowest BCUT2D eigenvalue weighted by Crippen LogP contribution is -2.54. The van der Waals surface area contributed by atoms with E-state index in [9.17, 15) is 18.0 Å². The second-order valence-corrected chi connectivity index (χ2v) is 14.2. The summed E-state index contributed by atoms with van der Waals surface area (Å²) in [6.45, 7) is 6.98. The van der Waals surface area contributed by atoms with E-state index in [1.165, 1.54) is 17.0 Å². The van der Waals surface area contributed by atoms with E-state index >= 15 is 0 Å². The Morgan fingerprint density at radius 3 is 2.17 bits per heavy atom. The Morgan fingerprint density at radius 2 is 1.54 bits per heavy atom. The minimum absolute atomic E-state index is 0.0491. The average Bonchev–Trinajstić information content (AvgIpc) is 3.02. The van der Waals surface area contributed by atoms with Crippen LogP contribution in [-0.2, 0) is 32.6 Å². The summed E-state index contributed by atoms with van der Waals surface area (Å²) < 4.78 is 29.5. The number of amides is 2. The summed E-state index contributed by atoms with van der Waals surface area (Å²) in [6.07, 6.45) is 0.895. The molecule has 2 amide bonds. The van der Waals surface area contributed by atoms with Crippen molar-refractivity contribution in [1.29, 1.82) is 0 Å². The van der Waals surface area contributed by atoms with Gasteiger partial charge in [-0.25, -0.2) is 8.42 Å². The van der Waals surface area contributed by atoms with Crippen molar-refractivity contribution in [3.63, 3.8) is 0 Å². The number of carbonyl (C=O) groups excluding carboxylic acids is 2. The van der Waals surface area contributed by atoms with E-state index in [0.717, 1.165) is 21.0 Å². The average molecular weight is 681 g/mol. The highest BCUT2D eigenvalue weighted by molar-refractivity contribution is 7.92. The lowest BCUT2D eigenvalue weighted by molar-refractivity contribution is -0.140. The van der Waals surface area contributed by atoms with E-state index < -0.39 is 28.5 Å². The molecule has 0 fully saturated rings. The molecule has 0 radical (unpaired) electrons. The number of sulfonamides is 1. The number of hydrogen-bond donors (Lipinski definition) is 1. The standard InChI is InChI=1S/C36H39Cl2N3O4S/c1-5-27(4)39-36(43)34(21-28-11-7-6-8-12-28)40(23-29-16-17-30(37)22-33(29)38)35(42)24-41(31-13-9-10-26(3)20-31)46(44,45)32-18-14-25(2)15-19-32/h6-20,22,27,34H,5,21,23-24H2,1-4H3,(H,39,43)/t27-,34-/m1/s1. The molecule has 7 nitrogen and oxygen atoms in total. The Morgan fingerprint density at radius 1 is 0.848 bits per heavy atom. The zero-order valence-electron chi connectivity index (χ0n) is 26.4. The molecule has 0 spiro atoms. The molecule has 1 N–H and O–H groups in total. The van der Waals surface area contributed by atoms with Gasteiger partial charge in [-0.3, -0.25) is 13.9 Å². The summed E-state index contributed by atoms with van der Waals surface area (Å²) in [5, 5.41) is 3.79. The quantitative estimate of drug-likeness (QED) is 0.160. The highest BCUT2D eigenvalue weighted by Crippen LogP contribution is 2.28. The van der Waals surface area contributed by atoms with Crippen molar-refractivity contribution in [2.45, 2.75) is 64.1 Å². The minimum Gasteiger partial charge on any atom is -0.352 e. The van der Waals surface area contributed by atoms with Crippen LogP contribution in [-0.4, -0.2) is 43.8 Å². The molecular formula is C36H39Cl2N3O4S. The molecule has 4 aromatic carbocycles. The summed E-state index contributed by atoms with van der Waals surface area (Å²) in [7, 11) is -4.19. The highest BCUT2D eigenvalue weighted by Gasteiger charge is 2.35. The van der Waals surface area contributed by atoms with Gasteiger partial charge in [-0.05, 0) is 80.3 Å². The van der Waals surface area contributed by atoms with E-state index in [4.69, 9.17) is 23.2 Å². The Kier molecular flexibility index (Phi) is 11.9. The first-order valence-electron chi connectivity index (χ1n) is 15.1. The van der Waals surface area contributed by atoms with Crippen LogP contribution in [0.1, 0.15) is 42.5 Å². The van der Waals surface area contributed by atoms with Gasteiger partial charge < -0.3 is 10.2 Å². The number of benzene rings is 4. The van der Waals surface area contributed by atoms with Crippen molar-refractivity contribution < 1.29 is 18.0 Å². The van der Waals surface area contributed by atoms with Crippen molar-refractivity contribution in [2.24, 2.45) is 0 Å². The normalized spacial score (nSPS) is 12.7. The van der Waals surface area contributed by atoms with Gasteiger partial charge in [-0.1, -0.05) is 96.4 Å². The molecule has 4 rings (SSSR count). The maximum absolute atomic E-state index is 14.6. The van der Waals surface area contributed by atoms with Crippen LogP contribution in [0.15, 0.2) is 102 Å². The summed E-state index contributed by atoms with van der Waals surface area (Å²) in [5.41, 5.74) is 3.47. The lowest BCUT2D eigenvalue weighted by Gasteiger charge is -2.34. The molecule has 0 heterocycles. The van der Waals surface area contributed by atoms with Gasteiger partial charge in [0.05, 0.1) is 10.6 Å². The van der Waals surface area contributed by atoms with E-state index in [2.05, 4.69) is 5.32 Å². The van der Waals surface area contributed by atoms with Crippen LogP contribution < -0.4 is 9.62 Å². The van der Waals surface area contributed by atoms with Crippen LogP contribution in [0, 0.1) is 13.8 Å². The van der Waals surface area contributed by atoms with E-state index in [1.54, 1.807) is 48.5 Å². The number of nitrogens with one attached hydrogen (secondary N) is 1. The van der Waals surface area contributed by atoms with Crippen LogP contribution in [0.5, 0.6) is 0 Å². The van der Waals surface area contributed by atoms with Crippen molar-refractivity contribution in [3.8, 4) is 0 Å². The van der Waals surface area contributed by atoms with Crippen molar-refractivity contribution >= 4 is 50.7 Å². The summed E-state index contributed by atoms with van der Waals surface area (Å²) in [5.74, 6) is -0.913. The number of rotatable bonds is 13. The Hall–Kier alpha value is -3.85. The van der Waals surface area contributed by atoms with Gasteiger partial charge in [0.25, 0.3) is 10.0 Å². The number of anilines is 1. The predicted molar refractivity (Wildman–Crippen MR) is 186 cm³/mol. The van der Waals surface area contributed by atoms with Gasteiger partial charge in [0, 0.05) is 29.1 Å². The van der Waals surface area contributed by atoms with E-state index in [0.29, 0.717) is 27.7 Å². The maximum atomic E-state index is 14.6. The van der Waals surface area contributed by atoms with Gasteiger partial charge in [-0.2, -0.15) is 0 Å². The largest absolute Gasteiger partial charge is 0.352 e. The van der Waals surface area contributed by atoms with Gasteiger partial charge >= 0.3 is 0 Å². The lowest BCUT2D eigenvalue weighted by atomic mass is 10.0. The third kappa shape index (κ3) is 8.90. The first-order chi connectivity index (χ1) is 21.9. The fourth-order valence-corrected chi connectivity index (χ4v) is 6.85. The maximum Gasteiger partial charge on any atom is 0.264 e. The van der Waals surface area contributed by atoms with Crippen molar-refractivity contribution in [1.82, 2.24) is 10.2 Å². The molecule has 0 unspecified atom stereocenters. The van der Waals surface area contributed by atoms with Gasteiger partial charge in [0.2, 0.25) is 11.8 Å². The minimum atomic E-state index is -4.19. The van der Waals surface area contributed by atoms with Crippen molar-refractivity contribution in [3.05, 3.63) is 129 Å². The molecule has 0 aromatic heterocycles. The Bertz CT molecular complexity index is 1770. The van der Waals surface area contributed by atoms with E-state index in [1.807, 2.05) is 64.1 Å². The summed E-state index contributed by atoms with van der Waals surface area (Å²) in [6, 6.07) is 26.7. The SMILES string of the molecule is CC[C@@H](C)NC(=O)[C@@H](Cc1ccccc1)N(Cc1ccc(Cl)cc1Cl)C(=O)CN(c1cccc(C)c1)S(=O)(=O)c1ccc(C)cc1. The first-order valence-corrected chi connectivity index (χ1v) is 17.3. The van der Waals surface area contributed by atoms with Crippen LogP contribution in [0.2, 0.25) is 10.0 Å². The fourth-order valence-electron chi connectivity index (χ4n) is 4.98. The van der Waals surface area contributed by atoms with Crippen LogP contribution in [0.3, 0.4) is 0 Å². The second kappa shape index (κ2) is 15.6. The number of nitrogens with zero attached hydrogens (tertiary/aromatic N) is 2. The second-order valence-electron chi connectivity index (χ2n) is 11.4. The Balaban J connectivity index is 1.83. The van der Waals surface area contributed by atoms with Crippen LogP contribution in [0.25, 0.3) is 0 Å². The summed E-state index contributed by atoms with van der Waals surface area (Å²) >= 11 is 12.8. The number of halogens is 2. The molecule has 0 bridgehead atoms. The molecule has 0 aliphatic carbocycles. The van der Waals surface area contributed by atoms with Crippen molar-refractivity contribution in [2.75, 3.05) is 10.8 Å². The molecule has 0 aliphatic heterocycles. The fraction of sp³-hybridized carbons (Fsp3) is 0.278. The van der Waals surface area contributed by atoms with Gasteiger partial charge in [-0.15, -0.1) is 0 Å². The smallest absolute Gasteiger partial charge is 0.264 e. The van der Waals surface area contributed by atoms with E-state index in [-0.39, 0.29) is 29.8 Å². The molecule has 242 valence electrons. The third-order valence-corrected chi connectivity index (χ3v) is 10.2. The highest BCUT2D eigenvalue weighted by atomic mass is 35.5. The molecule has 0 saturated carbocycles. The number of hydrogen-bond acceptors (Lipinski definition) is 4. The molecule has 10 heteroatoms. The molecule has 2 atom stereocenters. The van der Waals surface area contributed by atoms with Gasteiger partial charge in [0.15, 0.2) is 0 Å². The topological polar surface area (TPSA) is 86.8 Å². The zero-order chi connectivity index (χ0) is 33.4. The number of carbonyl (C=O) groups is 2. The molecule has 0 aliphatic rings. The van der Waals surface area contributed by atoms with Crippen LogP contribution >= 0.6 is 23.2 Å². The van der Waals surface area contributed by atoms with Gasteiger partial charge in [0.1, 0.15) is 12.6 Å². The monoisotopic (exact) mass is 679 g/mol. The third-order valence-electron chi connectivity index (χ3n) is 7.81. The molecule has 46 heavy (non-hydrogen) atoms. The van der Waals surface area contributed by atoms with Crippen LogP contribution in [0.4, 0.5) is 5.69 Å². The number of aryl methyl sites for hydroxylation is 2. The molecule has 0 saturated heterocycles. The molecular weight excluding hydrogens is 641 g/mol. The first kappa shape index (κ1) is 35.0.